The third kappa shape index (κ3) is 4.45. The van der Waals surface area contributed by atoms with Gasteiger partial charge in [0.05, 0.1) is 18.0 Å². The molecule has 32 heavy (non-hydrogen) atoms. The van der Waals surface area contributed by atoms with Crippen molar-refractivity contribution in [2.45, 2.75) is 56.6 Å². The first-order valence-corrected chi connectivity index (χ1v) is 12.7. The highest BCUT2D eigenvalue weighted by atomic mass is 32.2. The number of fused-ring (bicyclic) bond motifs is 1. The van der Waals surface area contributed by atoms with Gasteiger partial charge in [0.25, 0.3) is 0 Å². The number of sulfonamides is 1. The monoisotopic (exact) mass is 453 g/mol. The van der Waals surface area contributed by atoms with E-state index in [-0.39, 0.29) is 29.4 Å². The van der Waals surface area contributed by atoms with Gasteiger partial charge < -0.3 is 9.47 Å². The third-order valence-electron chi connectivity index (χ3n) is 6.40. The number of benzene rings is 2. The van der Waals surface area contributed by atoms with Gasteiger partial charge >= 0.3 is 0 Å². The van der Waals surface area contributed by atoms with Gasteiger partial charge in [0.15, 0.2) is 0 Å². The Balaban J connectivity index is 1.66. The second-order valence-corrected chi connectivity index (χ2v) is 10.5. The summed E-state index contributed by atoms with van der Waals surface area (Å²) in [5, 5.41) is 1.55. The predicted octanol–water partition coefficient (Wildman–Crippen LogP) is 4.16. The number of carbonyl (C=O) groups is 1. The Morgan fingerprint density at radius 2 is 1.81 bits per heavy atom. The smallest absolute Gasteiger partial charge is 0.244 e. The summed E-state index contributed by atoms with van der Waals surface area (Å²) < 4.78 is 31.0. The van der Waals surface area contributed by atoms with Crippen molar-refractivity contribution in [1.82, 2.24) is 13.8 Å². The topological polar surface area (TPSA) is 62.6 Å². The number of hydrogen-bond acceptors (Lipinski definition) is 3. The van der Waals surface area contributed by atoms with Gasteiger partial charge in [-0.3, -0.25) is 4.79 Å². The van der Waals surface area contributed by atoms with Crippen molar-refractivity contribution in [2.24, 2.45) is 7.05 Å². The van der Waals surface area contributed by atoms with Gasteiger partial charge in [-0.2, -0.15) is 4.31 Å². The van der Waals surface area contributed by atoms with Crippen LogP contribution in [0.15, 0.2) is 65.7 Å². The number of carbonyl (C=O) groups excluding carboxylic acids is 1. The minimum Gasteiger partial charge on any atom is -0.353 e. The molecular formula is C25H31N3O3S. The minimum atomic E-state index is -3.86. The Bertz CT molecular complexity index is 1210. The Morgan fingerprint density at radius 1 is 1.09 bits per heavy atom. The van der Waals surface area contributed by atoms with E-state index >= 15 is 0 Å². The number of rotatable bonds is 9. The zero-order valence-corrected chi connectivity index (χ0v) is 19.8. The normalized spacial score (nSPS) is 15.2. The lowest BCUT2D eigenvalue weighted by atomic mass is 10.1. The van der Waals surface area contributed by atoms with E-state index in [0.29, 0.717) is 18.4 Å². The Morgan fingerprint density at radius 3 is 2.47 bits per heavy atom. The zero-order chi connectivity index (χ0) is 22.9. The first-order valence-electron chi connectivity index (χ1n) is 11.2. The molecule has 0 bridgehead atoms. The second-order valence-electron chi connectivity index (χ2n) is 8.65. The van der Waals surface area contributed by atoms with E-state index in [1.165, 1.54) is 4.31 Å². The summed E-state index contributed by atoms with van der Waals surface area (Å²) in [5.41, 5.74) is 1.04. The van der Waals surface area contributed by atoms with E-state index in [1.54, 1.807) is 12.1 Å². The maximum atomic E-state index is 13.8. The summed E-state index contributed by atoms with van der Waals surface area (Å²) in [6.45, 7) is 4.16. The molecule has 0 spiro atoms. The quantitative estimate of drug-likeness (QED) is 0.489. The van der Waals surface area contributed by atoms with Gasteiger partial charge in [-0.25, -0.2) is 8.42 Å². The maximum Gasteiger partial charge on any atom is 0.244 e. The summed E-state index contributed by atoms with van der Waals surface area (Å²) in [7, 11) is -1.90. The summed E-state index contributed by atoms with van der Waals surface area (Å²) >= 11 is 0. The molecule has 0 N–H and O–H groups in total. The SMILES string of the molecule is CCC(C)N(CC(=O)N(Cc1cccn1C)C1CC1)S(=O)(=O)c1cccc2ccccc12. The van der Waals surface area contributed by atoms with Crippen LogP contribution >= 0.6 is 0 Å². The molecule has 4 rings (SSSR count). The second kappa shape index (κ2) is 9.08. The lowest BCUT2D eigenvalue weighted by molar-refractivity contribution is -0.133. The predicted molar refractivity (Wildman–Crippen MR) is 127 cm³/mol. The molecule has 1 atom stereocenters. The minimum absolute atomic E-state index is 0.141. The first kappa shape index (κ1) is 22.6. The van der Waals surface area contributed by atoms with Gasteiger partial charge in [-0.05, 0) is 49.8 Å². The van der Waals surface area contributed by atoms with Crippen LogP contribution in [0, 0.1) is 0 Å². The van der Waals surface area contributed by atoms with Crippen LogP contribution < -0.4 is 0 Å². The molecule has 170 valence electrons. The van der Waals surface area contributed by atoms with Gasteiger partial charge in [-0.15, -0.1) is 0 Å². The molecule has 1 fully saturated rings. The summed E-state index contributed by atoms with van der Waals surface area (Å²) in [6, 6.07) is 16.6. The average Bonchev–Trinajstić information content (AvgIpc) is 3.56. The van der Waals surface area contributed by atoms with E-state index < -0.39 is 10.0 Å². The van der Waals surface area contributed by atoms with Crippen LogP contribution in [0.5, 0.6) is 0 Å². The molecule has 1 heterocycles. The highest BCUT2D eigenvalue weighted by molar-refractivity contribution is 7.89. The number of aromatic nitrogens is 1. The van der Waals surface area contributed by atoms with Crippen molar-refractivity contribution in [1.29, 1.82) is 0 Å². The molecule has 1 saturated carbocycles. The molecule has 1 amide bonds. The Kier molecular flexibility index (Phi) is 6.40. The van der Waals surface area contributed by atoms with E-state index in [0.717, 1.165) is 23.9 Å². The Hall–Kier alpha value is -2.64. The molecule has 0 saturated heterocycles. The average molecular weight is 454 g/mol. The van der Waals surface area contributed by atoms with Crippen molar-refractivity contribution in [3.05, 3.63) is 66.5 Å². The van der Waals surface area contributed by atoms with Gasteiger partial charge in [-0.1, -0.05) is 43.3 Å². The van der Waals surface area contributed by atoms with Crippen molar-refractivity contribution in [3.63, 3.8) is 0 Å². The number of nitrogens with zero attached hydrogens (tertiary/aromatic N) is 3. The highest BCUT2D eigenvalue weighted by Gasteiger charge is 2.37. The van der Waals surface area contributed by atoms with Crippen molar-refractivity contribution in [3.8, 4) is 0 Å². The first-order chi connectivity index (χ1) is 15.3. The van der Waals surface area contributed by atoms with E-state index in [2.05, 4.69) is 0 Å². The molecule has 6 nitrogen and oxygen atoms in total. The van der Waals surface area contributed by atoms with Crippen LogP contribution in [0.2, 0.25) is 0 Å². The summed E-state index contributed by atoms with van der Waals surface area (Å²) in [6.07, 6.45) is 4.52. The van der Waals surface area contributed by atoms with Crippen LogP contribution in [-0.2, 0) is 28.4 Å². The van der Waals surface area contributed by atoms with Crippen LogP contribution in [-0.4, -0.2) is 46.7 Å². The fourth-order valence-electron chi connectivity index (χ4n) is 4.09. The van der Waals surface area contributed by atoms with E-state index in [1.807, 2.05) is 79.0 Å². The van der Waals surface area contributed by atoms with E-state index in [4.69, 9.17) is 0 Å². The number of amides is 1. The van der Waals surface area contributed by atoms with Gasteiger partial charge in [0.1, 0.15) is 0 Å². The third-order valence-corrected chi connectivity index (χ3v) is 8.42. The van der Waals surface area contributed by atoms with E-state index in [9.17, 15) is 13.2 Å². The van der Waals surface area contributed by atoms with Crippen LogP contribution in [0.3, 0.4) is 0 Å². The Labute approximate surface area is 190 Å². The molecule has 7 heteroatoms. The number of aryl methyl sites for hydroxylation is 1. The summed E-state index contributed by atoms with van der Waals surface area (Å²) in [5.74, 6) is -0.141. The van der Waals surface area contributed by atoms with Crippen LogP contribution in [0.25, 0.3) is 10.8 Å². The molecule has 1 aliphatic rings. The largest absolute Gasteiger partial charge is 0.353 e. The summed E-state index contributed by atoms with van der Waals surface area (Å²) in [4.78, 5) is 15.5. The van der Waals surface area contributed by atoms with Crippen LogP contribution in [0.4, 0.5) is 0 Å². The van der Waals surface area contributed by atoms with Gasteiger partial charge in [0.2, 0.25) is 15.9 Å². The molecule has 3 aromatic rings. The molecule has 0 radical (unpaired) electrons. The molecule has 1 unspecified atom stereocenters. The molecule has 2 aromatic carbocycles. The molecule has 1 aromatic heterocycles. The van der Waals surface area contributed by atoms with Crippen LogP contribution in [0.1, 0.15) is 38.8 Å². The zero-order valence-electron chi connectivity index (χ0n) is 18.9. The van der Waals surface area contributed by atoms with Crippen molar-refractivity contribution in [2.75, 3.05) is 6.54 Å². The number of hydrogen-bond donors (Lipinski definition) is 0. The fraction of sp³-hybridized carbons (Fsp3) is 0.400. The van der Waals surface area contributed by atoms with Crippen molar-refractivity contribution >= 4 is 26.7 Å². The lowest BCUT2D eigenvalue weighted by Crippen LogP contribution is -2.47. The molecule has 0 aliphatic heterocycles. The van der Waals surface area contributed by atoms with Crippen molar-refractivity contribution < 1.29 is 13.2 Å². The maximum absolute atomic E-state index is 13.8. The lowest BCUT2D eigenvalue weighted by Gasteiger charge is -2.31. The van der Waals surface area contributed by atoms with Gasteiger partial charge in [0, 0.05) is 36.4 Å². The fourth-order valence-corrected chi connectivity index (χ4v) is 5.97. The standard InChI is InChI=1S/C25H31N3O3S/c1-4-19(2)28(32(30,31)24-13-7-10-20-9-5-6-12-23(20)24)18-25(29)27(21-14-15-21)17-22-11-8-16-26(22)3/h5-13,16,19,21H,4,14-15,17-18H2,1-3H3. The molecular weight excluding hydrogens is 422 g/mol. The highest BCUT2D eigenvalue weighted by Crippen LogP contribution is 2.31. The molecule has 1 aliphatic carbocycles.